The number of benzene rings is 2. The van der Waals surface area contributed by atoms with Crippen molar-refractivity contribution in [3.8, 4) is 6.07 Å². The van der Waals surface area contributed by atoms with Gasteiger partial charge in [-0.3, -0.25) is 0 Å². The molecule has 1 aliphatic rings. The highest BCUT2D eigenvalue weighted by atomic mass is 31.2. The van der Waals surface area contributed by atoms with Crippen LogP contribution in [0.3, 0.4) is 0 Å². The Bertz CT molecular complexity index is 1370. The number of esters is 1. The maximum atomic E-state index is 11.6. The van der Waals surface area contributed by atoms with Gasteiger partial charge in [0.05, 0.1) is 50.0 Å². The summed E-state index contributed by atoms with van der Waals surface area (Å²) in [7, 11) is -0.129. The number of hydrogen-bond acceptors (Lipinski definition) is 8. The number of aromatic nitrogens is 1. The summed E-state index contributed by atoms with van der Waals surface area (Å²) in [5.74, 6) is -0.409. The summed E-state index contributed by atoms with van der Waals surface area (Å²) in [5.41, 5.74) is 2.87. The summed E-state index contributed by atoms with van der Waals surface area (Å²) in [5, 5.41) is 21.4. The molecule has 0 bridgehead atoms. The fourth-order valence-corrected chi connectivity index (χ4v) is 6.97. The second-order valence-electron chi connectivity index (χ2n) is 10.3. The lowest BCUT2D eigenvalue weighted by atomic mass is 10.1. The number of ether oxygens (including phenoxy) is 2. The van der Waals surface area contributed by atoms with Crippen molar-refractivity contribution in [1.82, 2.24) is 9.24 Å². The van der Waals surface area contributed by atoms with E-state index in [-0.39, 0.29) is 37.9 Å². The molecule has 0 saturated carbocycles. The molecule has 0 radical (unpaired) electrons. The van der Waals surface area contributed by atoms with Gasteiger partial charge in [0, 0.05) is 35.4 Å². The highest BCUT2D eigenvalue weighted by Crippen LogP contribution is 2.50. The van der Waals surface area contributed by atoms with E-state index >= 15 is 0 Å². The molecule has 2 aromatic carbocycles. The number of aliphatic hydroxyl groups is 1. The van der Waals surface area contributed by atoms with E-state index in [9.17, 15) is 9.90 Å². The number of aliphatic hydroxyl groups excluding tert-OH is 1. The van der Waals surface area contributed by atoms with Crippen LogP contribution in [0.2, 0.25) is 0 Å². The number of para-hydroxylation sites is 1. The van der Waals surface area contributed by atoms with Crippen LogP contribution in [0.25, 0.3) is 27.9 Å². The second-order valence-corrected chi connectivity index (χ2v) is 11.7. The van der Waals surface area contributed by atoms with Crippen LogP contribution in [-0.4, -0.2) is 64.9 Å². The lowest BCUT2D eigenvalue weighted by Crippen LogP contribution is -2.36. The van der Waals surface area contributed by atoms with Crippen molar-refractivity contribution in [3.05, 3.63) is 54.1 Å². The van der Waals surface area contributed by atoms with Crippen LogP contribution < -0.4 is 0 Å². The first-order chi connectivity index (χ1) is 19.3. The predicted octanol–water partition coefficient (Wildman–Crippen LogP) is 5.92. The summed E-state index contributed by atoms with van der Waals surface area (Å²) in [6, 6.07) is 16.6. The van der Waals surface area contributed by atoms with Crippen LogP contribution in [-0.2, 0) is 23.3 Å². The third kappa shape index (κ3) is 6.55. The molecule has 0 aliphatic carbocycles. The zero-order chi connectivity index (χ0) is 28.8. The molecule has 40 heavy (non-hydrogen) atoms. The van der Waals surface area contributed by atoms with Crippen molar-refractivity contribution in [2.24, 2.45) is 0 Å². The molecule has 1 aliphatic heterocycles. The van der Waals surface area contributed by atoms with Crippen LogP contribution in [0.1, 0.15) is 52.3 Å². The van der Waals surface area contributed by atoms with E-state index in [0.29, 0.717) is 6.42 Å². The smallest absolute Gasteiger partial charge is 0.330 e. The number of rotatable bonds is 12. The van der Waals surface area contributed by atoms with Gasteiger partial charge in [-0.25, -0.2) is 9.46 Å². The molecule has 0 spiro atoms. The average molecular weight is 568 g/mol. The van der Waals surface area contributed by atoms with Gasteiger partial charge in [-0.15, -0.1) is 0 Å². The fraction of sp³-hybridized carbons (Fsp3) is 0.467. The van der Waals surface area contributed by atoms with Crippen LogP contribution in [0, 0.1) is 11.3 Å². The van der Waals surface area contributed by atoms with Gasteiger partial charge in [0.25, 0.3) is 8.53 Å². The van der Waals surface area contributed by atoms with E-state index in [1.54, 1.807) is 6.08 Å². The highest BCUT2D eigenvalue weighted by molar-refractivity contribution is 7.44. The molecule has 1 fully saturated rings. The molecule has 4 atom stereocenters. The molecule has 4 rings (SSSR count). The van der Waals surface area contributed by atoms with Gasteiger partial charge in [0.15, 0.2) is 0 Å². The molecule has 1 aromatic heterocycles. The topological polar surface area (TPSA) is 106 Å². The van der Waals surface area contributed by atoms with E-state index in [0.717, 1.165) is 27.4 Å². The number of nitriles is 1. The Morgan fingerprint density at radius 3 is 2.60 bits per heavy atom. The Morgan fingerprint density at radius 1 is 1.20 bits per heavy atom. The summed E-state index contributed by atoms with van der Waals surface area (Å²) in [4.78, 5) is 11.6. The Balaban J connectivity index is 1.67. The predicted molar refractivity (Wildman–Crippen MR) is 156 cm³/mol. The van der Waals surface area contributed by atoms with Crippen molar-refractivity contribution < 1.29 is 28.4 Å². The van der Waals surface area contributed by atoms with Crippen molar-refractivity contribution in [2.75, 3.05) is 20.3 Å². The van der Waals surface area contributed by atoms with Crippen LogP contribution in [0.4, 0.5) is 0 Å². The highest BCUT2D eigenvalue weighted by Gasteiger charge is 2.41. The number of carbonyl (C=O) groups excluding carboxylic acids is 1. The molecule has 1 N–H and O–H groups in total. The average Bonchev–Trinajstić information content (AvgIpc) is 3.49. The summed E-state index contributed by atoms with van der Waals surface area (Å²) in [6.45, 7) is 8.46. The van der Waals surface area contributed by atoms with Gasteiger partial charge in [0.2, 0.25) is 0 Å². The Kier molecular flexibility index (Phi) is 10.3. The lowest BCUT2D eigenvalue weighted by molar-refractivity contribution is -0.134. The Morgan fingerprint density at radius 2 is 1.93 bits per heavy atom. The minimum atomic E-state index is -1.48. The Labute approximate surface area is 236 Å². The van der Waals surface area contributed by atoms with E-state index < -0.39 is 26.7 Å². The molecule has 1 unspecified atom stereocenters. The van der Waals surface area contributed by atoms with Gasteiger partial charge in [0.1, 0.15) is 12.3 Å². The van der Waals surface area contributed by atoms with Gasteiger partial charge < -0.3 is 28.2 Å². The van der Waals surface area contributed by atoms with Gasteiger partial charge in [-0.1, -0.05) is 24.3 Å². The number of fused-ring (bicyclic) bond motifs is 3. The molecule has 0 amide bonds. The van der Waals surface area contributed by atoms with Crippen molar-refractivity contribution in [3.63, 3.8) is 0 Å². The first kappa shape index (κ1) is 30.1. The minimum absolute atomic E-state index is 0.165. The molecule has 2 heterocycles. The van der Waals surface area contributed by atoms with Gasteiger partial charge >= 0.3 is 5.97 Å². The lowest BCUT2D eigenvalue weighted by Gasteiger charge is -2.37. The minimum Gasteiger partial charge on any atom is -0.466 e. The normalized spacial score (nSPS) is 20.4. The zero-order valence-electron chi connectivity index (χ0n) is 23.7. The standard InChI is InChI=1S/C30H38N3O6P/c1-20(2)33(21(3)4)40(37-16-8-15-31)39-27-18-29(38-28(27)19-34)32-25-10-7-6-9-23(25)24-17-22(11-13-26(24)32)12-14-30(35)36-5/h6-7,9-14,17,20-21,27-29,34H,8,16,18-19H2,1-5H3/b14-12-/t27-,28+,29+,40?/m0/s1. The van der Waals surface area contributed by atoms with Crippen LogP contribution in [0.5, 0.6) is 0 Å². The number of hydrogen-bond donors (Lipinski definition) is 1. The zero-order valence-corrected chi connectivity index (χ0v) is 24.6. The largest absolute Gasteiger partial charge is 0.466 e. The van der Waals surface area contributed by atoms with Crippen LogP contribution >= 0.6 is 8.53 Å². The van der Waals surface area contributed by atoms with E-state index in [1.807, 2.05) is 30.3 Å². The van der Waals surface area contributed by atoms with E-state index in [1.165, 1.54) is 13.2 Å². The summed E-state index contributed by atoms with van der Waals surface area (Å²) >= 11 is 0. The number of methoxy groups -OCH3 is 1. The molecule has 214 valence electrons. The molecular weight excluding hydrogens is 529 g/mol. The SMILES string of the molecule is COC(=O)/C=C\c1ccc2c(c1)c1ccccc1n2[C@H]1C[C@H](OP(OCCC#N)N(C(C)C)C(C)C)[C@@H](CO)O1. The van der Waals surface area contributed by atoms with E-state index in [4.69, 9.17) is 23.8 Å². The number of nitrogens with zero attached hydrogens (tertiary/aromatic N) is 3. The molecule has 3 aromatic rings. The van der Waals surface area contributed by atoms with E-state index in [2.05, 4.69) is 55.1 Å². The van der Waals surface area contributed by atoms with Crippen molar-refractivity contribution in [2.45, 2.75) is 71.1 Å². The molecular formula is C30H38N3O6P. The third-order valence-electron chi connectivity index (χ3n) is 6.88. The van der Waals surface area contributed by atoms with Gasteiger partial charge in [-0.05, 0) is 57.5 Å². The fourth-order valence-electron chi connectivity index (χ4n) is 5.21. The first-order valence-electron chi connectivity index (χ1n) is 13.6. The summed E-state index contributed by atoms with van der Waals surface area (Å²) in [6.07, 6.45) is 2.63. The first-order valence-corrected chi connectivity index (χ1v) is 14.7. The maximum Gasteiger partial charge on any atom is 0.330 e. The quantitative estimate of drug-likeness (QED) is 0.124. The van der Waals surface area contributed by atoms with Crippen molar-refractivity contribution in [1.29, 1.82) is 5.26 Å². The molecule has 9 nitrogen and oxygen atoms in total. The van der Waals surface area contributed by atoms with Crippen molar-refractivity contribution >= 4 is 42.4 Å². The molecule has 10 heteroatoms. The second kappa shape index (κ2) is 13.7. The van der Waals surface area contributed by atoms with Gasteiger partial charge in [-0.2, -0.15) is 5.26 Å². The number of carbonyl (C=O) groups is 1. The maximum absolute atomic E-state index is 11.6. The monoisotopic (exact) mass is 567 g/mol. The Hall–Kier alpha value is -2.83. The third-order valence-corrected chi connectivity index (χ3v) is 9.04. The summed E-state index contributed by atoms with van der Waals surface area (Å²) < 4.78 is 28.2. The molecule has 1 saturated heterocycles. The van der Waals surface area contributed by atoms with Crippen LogP contribution in [0.15, 0.2) is 48.5 Å².